The Hall–Kier alpha value is -0.0800. The van der Waals surface area contributed by atoms with Crippen molar-refractivity contribution in [3.63, 3.8) is 0 Å². The number of hydrogen-bond donors (Lipinski definition) is 0. The Labute approximate surface area is 83.1 Å². The first-order valence-electron chi connectivity index (χ1n) is 5.60. The third kappa shape index (κ3) is 1.89. The first kappa shape index (κ1) is 11.0. The molecule has 0 unspecified atom stereocenters. The molecule has 1 saturated heterocycles. The maximum Gasteiger partial charge on any atom is 0.140 e. The van der Waals surface area contributed by atoms with Crippen LogP contribution < -0.4 is 0 Å². The standard InChI is InChI=1S/C11H25N2/c1-6-11(4,5)12-9-13(7-2,8-3)10-12/h6-10H2,1-5H3/q+1. The van der Waals surface area contributed by atoms with E-state index in [0.29, 0.717) is 5.54 Å². The molecule has 1 heterocycles. The third-order valence-corrected chi connectivity index (χ3v) is 4.00. The minimum absolute atomic E-state index is 0.409. The highest BCUT2D eigenvalue weighted by atomic mass is 15.6. The van der Waals surface area contributed by atoms with Gasteiger partial charge in [0.05, 0.1) is 13.1 Å². The second-order valence-corrected chi connectivity index (χ2v) is 4.96. The van der Waals surface area contributed by atoms with Crippen LogP contribution in [0.25, 0.3) is 0 Å². The van der Waals surface area contributed by atoms with Gasteiger partial charge in [-0.3, -0.25) is 4.48 Å². The highest BCUT2D eigenvalue weighted by Crippen LogP contribution is 2.30. The van der Waals surface area contributed by atoms with Crippen molar-refractivity contribution < 1.29 is 4.48 Å². The average Bonchev–Trinajstić information content (AvgIpc) is 2.04. The quantitative estimate of drug-likeness (QED) is 0.607. The molecule has 0 spiro atoms. The predicted octanol–water partition coefficient (Wildman–Crippen LogP) is 2.26. The Morgan fingerprint density at radius 1 is 1.08 bits per heavy atom. The molecule has 1 rings (SSSR count). The van der Waals surface area contributed by atoms with E-state index in [1.807, 2.05) is 0 Å². The fourth-order valence-corrected chi connectivity index (χ4v) is 1.91. The van der Waals surface area contributed by atoms with E-state index in [2.05, 4.69) is 39.5 Å². The Balaban J connectivity index is 2.48. The highest BCUT2D eigenvalue weighted by Gasteiger charge is 2.45. The molecule has 13 heavy (non-hydrogen) atoms. The topological polar surface area (TPSA) is 3.24 Å². The molecule has 0 aromatic heterocycles. The molecule has 0 atom stereocenters. The zero-order valence-electron chi connectivity index (χ0n) is 9.93. The lowest BCUT2D eigenvalue weighted by Crippen LogP contribution is -2.73. The molecule has 1 aliphatic rings. The van der Waals surface area contributed by atoms with Crippen LogP contribution in [0.2, 0.25) is 0 Å². The summed E-state index contributed by atoms with van der Waals surface area (Å²) in [5.41, 5.74) is 0.409. The maximum atomic E-state index is 2.61. The molecule has 2 heteroatoms. The van der Waals surface area contributed by atoms with Crippen LogP contribution in [-0.4, -0.2) is 41.3 Å². The van der Waals surface area contributed by atoms with Gasteiger partial charge in [-0.2, -0.15) is 0 Å². The first-order chi connectivity index (χ1) is 5.99. The summed E-state index contributed by atoms with van der Waals surface area (Å²) < 4.78 is 1.30. The molecule has 0 amide bonds. The van der Waals surface area contributed by atoms with Crippen LogP contribution in [0.3, 0.4) is 0 Å². The van der Waals surface area contributed by atoms with Crippen molar-refractivity contribution in [1.82, 2.24) is 4.90 Å². The zero-order valence-corrected chi connectivity index (χ0v) is 9.93. The van der Waals surface area contributed by atoms with Gasteiger partial charge >= 0.3 is 0 Å². The second-order valence-electron chi connectivity index (χ2n) is 4.96. The molecular weight excluding hydrogens is 160 g/mol. The molecule has 0 aliphatic carbocycles. The van der Waals surface area contributed by atoms with Crippen molar-refractivity contribution >= 4 is 0 Å². The van der Waals surface area contributed by atoms with E-state index >= 15 is 0 Å². The second kappa shape index (κ2) is 3.58. The number of rotatable bonds is 4. The lowest BCUT2D eigenvalue weighted by Gasteiger charge is -2.56. The molecule has 0 radical (unpaired) electrons. The van der Waals surface area contributed by atoms with Gasteiger partial charge in [0.2, 0.25) is 0 Å². The Morgan fingerprint density at radius 2 is 1.54 bits per heavy atom. The van der Waals surface area contributed by atoms with Gasteiger partial charge in [-0.15, -0.1) is 0 Å². The summed E-state index contributed by atoms with van der Waals surface area (Å²) >= 11 is 0. The van der Waals surface area contributed by atoms with E-state index in [0.717, 1.165) is 0 Å². The number of quaternary nitrogens is 1. The lowest BCUT2D eigenvalue weighted by molar-refractivity contribution is -0.995. The molecule has 0 N–H and O–H groups in total. The minimum atomic E-state index is 0.409. The molecule has 78 valence electrons. The monoisotopic (exact) mass is 185 g/mol. The summed E-state index contributed by atoms with van der Waals surface area (Å²) in [6.45, 7) is 16.7. The summed E-state index contributed by atoms with van der Waals surface area (Å²) in [6, 6.07) is 0. The Morgan fingerprint density at radius 3 is 1.85 bits per heavy atom. The number of hydrogen-bond acceptors (Lipinski definition) is 1. The van der Waals surface area contributed by atoms with Crippen LogP contribution in [0.15, 0.2) is 0 Å². The van der Waals surface area contributed by atoms with Gasteiger partial charge < -0.3 is 0 Å². The van der Waals surface area contributed by atoms with Gasteiger partial charge in [-0.25, -0.2) is 4.90 Å². The third-order valence-electron chi connectivity index (χ3n) is 4.00. The van der Waals surface area contributed by atoms with E-state index in [1.165, 1.54) is 37.3 Å². The summed E-state index contributed by atoms with van der Waals surface area (Å²) in [5, 5.41) is 0. The van der Waals surface area contributed by atoms with Crippen LogP contribution in [-0.2, 0) is 0 Å². The van der Waals surface area contributed by atoms with Crippen molar-refractivity contribution in [2.75, 3.05) is 26.4 Å². The van der Waals surface area contributed by atoms with E-state index < -0.39 is 0 Å². The van der Waals surface area contributed by atoms with Gasteiger partial charge in [0.25, 0.3) is 0 Å². The van der Waals surface area contributed by atoms with E-state index in [-0.39, 0.29) is 0 Å². The van der Waals surface area contributed by atoms with E-state index in [4.69, 9.17) is 0 Å². The minimum Gasteiger partial charge on any atom is -0.299 e. The highest BCUT2D eigenvalue weighted by molar-refractivity contribution is 4.80. The van der Waals surface area contributed by atoms with Crippen molar-refractivity contribution in [3.05, 3.63) is 0 Å². The van der Waals surface area contributed by atoms with E-state index in [9.17, 15) is 0 Å². The number of nitrogens with zero attached hydrogens (tertiary/aromatic N) is 2. The van der Waals surface area contributed by atoms with Gasteiger partial charge in [0, 0.05) is 5.54 Å². The molecule has 1 aliphatic heterocycles. The molecule has 0 bridgehead atoms. The van der Waals surface area contributed by atoms with E-state index in [1.54, 1.807) is 0 Å². The first-order valence-corrected chi connectivity index (χ1v) is 5.60. The van der Waals surface area contributed by atoms with Crippen molar-refractivity contribution in [2.45, 2.75) is 46.6 Å². The van der Waals surface area contributed by atoms with Crippen LogP contribution in [0.1, 0.15) is 41.0 Å². The smallest absolute Gasteiger partial charge is 0.140 e. The van der Waals surface area contributed by atoms with Crippen molar-refractivity contribution in [1.29, 1.82) is 0 Å². The van der Waals surface area contributed by atoms with Gasteiger partial charge in [0.1, 0.15) is 13.3 Å². The zero-order chi connectivity index (χ0) is 10.1. The molecule has 0 saturated carbocycles. The SMILES string of the molecule is CCC(C)(C)N1C[N+](CC)(CC)C1. The van der Waals surface area contributed by atoms with Crippen LogP contribution >= 0.6 is 0 Å². The molecule has 0 aromatic carbocycles. The van der Waals surface area contributed by atoms with Crippen molar-refractivity contribution in [2.24, 2.45) is 0 Å². The van der Waals surface area contributed by atoms with Gasteiger partial charge in [-0.1, -0.05) is 6.92 Å². The van der Waals surface area contributed by atoms with Crippen LogP contribution in [0, 0.1) is 0 Å². The molecule has 2 nitrogen and oxygen atoms in total. The normalized spacial score (nSPS) is 22.8. The summed E-state index contributed by atoms with van der Waals surface area (Å²) in [5.74, 6) is 0. The maximum absolute atomic E-state index is 2.61. The van der Waals surface area contributed by atoms with Gasteiger partial charge in [0.15, 0.2) is 0 Å². The van der Waals surface area contributed by atoms with Crippen molar-refractivity contribution in [3.8, 4) is 0 Å². The van der Waals surface area contributed by atoms with Crippen LogP contribution in [0.5, 0.6) is 0 Å². The molecular formula is C11H25N2+. The molecule has 0 aromatic rings. The molecule has 1 fully saturated rings. The van der Waals surface area contributed by atoms with Crippen LogP contribution in [0.4, 0.5) is 0 Å². The Bertz CT molecular complexity index is 163. The summed E-state index contributed by atoms with van der Waals surface area (Å²) in [6.07, 6.45) is 1.25. The average molecular weight is 185 g/mol. The predicted molar refractivity (Wildman–Crippen MR) is 57.3 cm³/mol. The summed E-state index contributed by atoms with van der Waals surface area (Å²) in [7, 11) is 0. The lowest BCUT2D eigenvalue weighted by atomic mass is 9.98. The largest absolute Gasteiger partial charge is 0.299 e. The fraction of sp³-hybridized carbons (Fsp3) is 1.00. The summed E-state index contributed by atoms with van der Waals surface area (Å²) in [4.78, 5) is 2.61. The van der Waals surface area contributed by atoms with Gasteiger partial charge in [-0.05, 0) is 34.1 Å². The fourth-order valence-electron chi connectivity index (χ4n) is 1.91. The Kier molecular flexibility index (Phi) is 3.03.